The summed E-state index contributed by atoms with van der Waals surface area (Å²) in [6.07, 6.45) is 6.02. The van der Waals surface area contributed by atoms with Gasteiger partial charge in [-0.1, -0.05) is 0 Å². The molecular weight excluding hydrogens is 366 g/mol. The molecule has 0 aliphatic carbocycles. The molecule has 4 heterocycles. The Hall–Kier alpha value is -3.84. The van der Waals surface area contributed by atoms with E-state index < -0.39 is 0 Å². The van der Waals surface area contributed by atoms with Crippen LogP contribution in [0.5, 0.6) is 11.5 Å². The van der Waals surface area contributed by atoms with E-state index in [1.165, 1.54) is 30.1 Å². The second-order valence-corrected chi connectivity index (χ2v) is 6.38. The SMILES string of the molecule is Cc1csc(NC(=O)c2cc(Oc3cncc(C#N)c3)cn3cnnc23)n1. The Morgan fingerprint density at radius 3 is 3.00 bits per heavy atom. The van der Waals surface area contributed by atoms with Crippen molar-refractivity contribution in [3.63, 3.8) is 0 Å². The smallest absolute Gasteiger partial charge is 0.261 e. The number of aromatic nitrogens is 5. The second kappa shape index (κ2) is 6.81. The van der Waals surface area contributed by atoms with Crippen molar-refractivity contribution in [1.29, 1.82) is 5.26 Å². The molecule has 0 bridgehead atoms. The number of hydrogen-bond acceptors (Lipinski definition) is 8. The summed E-state index contributed by atoms with van der Waals surface area (Å²) in [7, 11) is 0. The number of nitrogens with one attached hydrogen (secondary N) is 1. The van der Waals surface area contributed by atoms with Crippen LogP contribution in [0.3, 0.4) is 0 Å². The van der Waals surface area contributed by atoms with Gasteiger partial charge in [0, 0.05) is 17.6 Å². The van der Waals surface area contributed by atoms with Gasteiger partial charge < -0.3 is 4.74 Å². The van der Waals surface area contributed by atoms with E-state index in [4.69, 9.17) is 10.00 Å². The number of rotatable bonds is 4. The number of amides is 1. The number of carbonyl (C=O) groups excluding carboxylic acids is 1. The van der Waals surface area contributed by atoms with E-state index in [2.05, 4.69) is 25.5 Å². The summed E-state index contributed by atoms with van der Waals surface area (Å²) in [4.78, 5) is 20.9. The first-order chi connectivity index (χ1) is 13.1. The van der Waals surface area contributed by atoms with Crippen LogP contribution in [0.1, 0.15) is 21.6 Å². The van der Waals surface area contributed by atoms with Gasteiger partial charge in [-0.15, -0.1) is 21.5 Å². The molecule has 0 unspecified atom stereocenters. The van der Waals surface area contributed by atoms with Crippen molar-refractivity contribution < 1.29 is 9.53 Å². The Morgan fingerprint density at radius 2 is 2.22 bits per heavy atom. The van der Waals surface area contributed by atoms with Gasteiger partial charge in [-0.25, -0.2) is 4.98 Å². The first-order valence-corrected chi connectivity index (χ1v) is 8.60. The van der Waals surface area contributed by atoms with Crippen molar-refractivity contribution in [3.05, 3.63) is 59.3 Å². The van der Waals surface area contributed by atoms with Gasteiger partial charge in [0.2, 0.25) is 0 Å². The summed E-state index contributed by atoms with van der Waals surface area (Å²) in [6.45, 7) is 1.85. The highest BCUT2D eigenvalue weighted by Crippen LogP contribution is 2.25. The Kier molecular flexibility index (Phi) is 4.19. The maximum Gasteiger partial charge on any atom is 0.261 e. The number of nitrogens with zero attached hydrogens (tertiary/aromatic N) is 6. The van der Waals surface area contributed by atoms with Crippen LogP contribution >= 0.6 is 11.3 Å². The molecular formula is C17H11N7O2S. The number of hydrogen-bond donors (Lipinski definition) is 1. The average Bonchev–Trinajstić information content (AvgIpc) is 3.29. The van der Waals surface area contributed by atoms with Crippen molar-refractivity contribution in [3.8, 4) is 17.6 Å². The number of nitriles is 1. The Labute approximate surface area is 156 Å². The average molecular weight is 377 g/mol. The largest absolute Gasteiger partial charge is 0.454 e. The number of ether oxygens (including phenoxy) is 1. The fourth-order valence-corrected chi connectivity index (χ4v) is 3.06. The highest BCUT2D eigenvalue weighted by molar-refractivity contribution is 7.13. The molecule has 0 saturated heterocycles. The Balaban J connectivity index is 1.69. The van der Waals surface area contributed by atoms with Gasteiger partial charge in [0.25, 0.3) is 5.91 Å². The molecule has 0 spiro atoms. The molecule has 132 valence electrons. The van der Waals surface area contributed by atoms with E-state index in [1.807, 2.05) is 18.4 Å². The molecule has 9 nitrogen and oxygen atoms in total. The molecule has 27 heavy (non-hydrogen) atoms. The quantitative estimate of drug-likeness (QED) is 0.581. The highest BCUT2D eigenvalue weighted by Gasteiger charge is 2.16. The zero-order valence-corrected chi connectivity index (χ0v) is 14.8. The molecule has 0 fully saturated rings. The summed E-state index contributed by atoms with van der Waals surface area (Å²) in [6, 6.07) is 5.11. The number of thiazole rings is 1. The third-order valence-electron chi connectivity index (χ3n) is 3.53. The fraction of sp³-hybridized carbons (Fsp3) is 0.0588. The first-order valence-electron chi connectivity index (χ1n) is 7.72. The van der Waals surface area contributed by atoms with Crippen LogP contribution in [0, 0.1) is 18.3 Å². The molecule has 4 rings (SSSR count). The number of pyridine rings is 2. The predicted octanol–water partition coefficient (Wildman–Crippen LogP) is 2.81. The molecule has 10 heteroatoms. The van der Waals surface area contributed by atoms with Gasteiger partial charge in [-0.3, -0.25) is 19.5 Å². The van der Waals surface area contributed by atoms with Crippen molar-refractivity contribution >= 4 is 28.0 Å². The molecule has 0 aromatic carbocycles. The summed E-state index contributed by atoms with van der Waals surface area (Å²) in [5.74, 6) is 0.375. The van der Waals surface area contributed by atoms with E-state index in [9.17, 15) is 4.79 Å². The lowest BCUT2D eigenvalue weighted by Gasteiger charge is -2.09. The highest BCUT2D eigenvalue weighted by atomic mass is 32.1. The molecule has 1 amide bonds. The van der Waals surface area contributed by atoms with Crippen LogP contribution in [0.4, 0.5) is 5.13 Å². The summed E-state index contributed by atoms with van der Waals surface area (Å²) in [5, 5.41) is 21.9. The minimum atomic E-state index is -0.378. The molecule has 0 aliphatic rings. The number of aryl methyl sites for hydroxylation is 1. The van der Waals surface area contributed by atoms with Crippen molar-refractivity contribution in [2.24, 2.45) is 0 Å². The second-order valence-electron chi connectivity index (χ2n) is 5.52. The van der Waals surface area contributed by atoms with Gasteiger partial charge in [0.1, 0.15) is 23.9 Å². The fourth-order valence-electron chi connectivity index (χ4n) is 2.38. The van der Waals surface area contributed by atoms with Crippen molar-refractivity contribution in [2.45, 2.75) is 6.92 Å². The van der Waals surface area contributed by atoms with Crippen LogP contribution in [0.25, 0.3) is 5.65 Å². The third-order valence-corrected chi connectivity index (χ3v) is 4.40. The number of carbonyl (C=O) groups is 1. The normalized spacial score (nSPS) is 10.5. The van der Waals surface area contributed by atoms with Crippen LogP contribution in [-0.2, 0) is 0 Å². The van der Waals surface area contributed by atoms with Gasteiger partial charge in [0.15, 0.2) is 10.8 Å². The van der Waals surface area contributed by atoms with E-state index in [-0.39, 0.29) is 11.5 Å². The zero-order chi connectivity index (χ0) is 18.8. The van der Waals surface area contributed by atoms with Crippen molar-refractivity contribution in [2.75, 3.05) is 5.32 Å². The Morgan fingerprint density at radius 1 is 1.33 bits per heavy atom. The van der Waals surface area contributed by atoms with Gasteiger partial charge in [0.05, 0.1) is 29.2 Å². The lowest BCUT2D eigenvalue weighted by atomic mass is 10.2. The van der Waals surface area contributed by atoms with E-state index in [1.54, 1.807) is 22.7 Å². The van der Waals surface area contributed by atoms with E-state index in [0.717, 1.165) is 5.69 Å². The summed E-state index contributed by atoms with van der Waals surface area (Å²) < 4.78 is 7.34. The lowest BCUT2D eigenvalue weighted by molar-refractivity contribution is 0.102. The number of anilines is 1. The molecule has 4 aromatic heterocycles. The van der Waals surface area contributed by atoms with E-state index >= 15 is 0 Å². The first kappa shape index (κ1) is 16.6. The topological polar surface area (TPSA) is 118 Å². The molecule has 1 N–H and O–H groups in total. The van der Waals surface area contributed by atoms with Crippen LogP contribution < -0.4 is 10.1 Å². The van der Waals surface area contributed by atoms with Crippen molar-refractivity contribution in [1.82, 2.24) is 24.6 Å². The number of fused-ring (bicyclic) bond motifs is 1. The van der Waals surface area contributed by atoms with Gasteiger partial charge in [-0.2, -0.15) is 5.26 Å². The maximum absolute atomic E-state index is 12.7. The Bertz CT molecular complexity index is 1190. The molecule has 0 aliphatic heterocycles. The molecule has 0 radical (unpaired) electrons. The standard InChI is InChI=1S/C17H11N7O2S/c1-10-8-27-17(21-10)22-16(25)14-3-13(7-24-9-20-23-15(14)24)26-12-2-11(4-18)5-19-6-12/h2-3,5-9H,1H3,(H,21,22,25). The third kappa shape index (κ3) is 3.44. The predicted molar refractivity (Wildman–Crippen MR) is 96.8 cm³/mol. The van der Waals surface area contributed by atoms with Crippen LogP contribution in [0.15, 0.2) is 42.4 Å². The monoisotopic (exact) mass is 377 g/mol. The summed E-state index contributed by atoms with van der Waals surface area (Å²) >= 11 is 1.33. The molecule has 4 aromatic rings. The molecule has 0 atom stereocenters. The van der Waals surface area contributed by atoms with Gasteiger partial charge in [-0.05, 0) is 13.0 Å². The zero-order valence-electron chi connectivity index (χ0n) is 13.9. The minimum absolute atomic E-state index is 0.280. The minimum Gasteiger partial charge on any atom is -0.454 e. The lowest BCUT2D eigenvalue weighted by Crippen LogP contribution is -2.13. The van der Waals surface area contributed by atoms with Crippen LogP contribution in [0.2, 0.25) is 0 Å². The maximum atomic E-state index is 12.7. The van der Waals surface area contributed by atoms with E-state index in [0.29, 0.717) is 27.8 Å². The summed E-state index contributed by atoms with van der Waals surface area (Å²) in [5.41, 5.74) is 1.86. The van der Waals surface area contributed by atoms with Gasteiger partial charge >= 0.3 is 0 Å². The molecule has 0 saturated carbocycles. The van der Waals surface area contributed by atoms with Crippen LogP contribution in [-0.4, -0.2) is 30.5 Å².